The fourth-order valence-electron chi connectivity index (χ4n) is 4.27. The number of benzene rings is 1. The van der Waals surface area contributed by atoms with E-state index in [1.807, 2.05) is 37.4 Å². The monoisotopic (exact) mass is 320 g/mol. The predicted molar refractivity (Wildman–Crippen MR) is 79.6 cm³/mol. The molecule has 3 heterocycles. The number of ether oxygens (including phenoxy) is 2. The zero-order valence-electron chi connectivity index (χ0n) is 13.0. The zero-order valence-corrected chi connectivity index (χ0v) is 13.0. The molecule has 7 atom stereocenters. The molecule has 0 amide bonds. The van der Waals surface area contributed by atoms with Gasteiger partial charge in [-0.1, -0.05) is 30.3 Å². The van der Waals surface area contributed by atoms with Gasteiger partial charge in [0.25, 0.3) is 0 Å². The number of carbonyl (C=O) groups excluding carboxylic acids is 1. The Morgan fingerprint density at radius 2 is 1.91 bits per heavy atom. The lowest BCUT2D eigenvalue weighted by atomic mass is 9.97. The van der Waals surface area contributed by atoms with Crippen LogP contribution in [0.2, 0.25) is 0 Å². The summed E-state index contributed by atoms with van der Waals surface area (Å²) in [6, 6.07) is 9.13. The Balaban J connectivity index is 1.44. The number of fused-ring (bicyclic) bond motifs is 5. The summed E-state index contributed by atoms with van der Waals surface area (Å²) >= 11 is 0. The van der Waals surface area contributed by atoms with E-state index in [9.17, 15) is 15.1 Å². The molecule has 4 rings (SSSR count). The third-order valence-corrected chi connectivity index (χ3v) is 5.62. The van der Waals surface area contributed by atoms with E-state index >= 15 is 0 Å². The number of carbonyl (C=O) groups is 1. The van der Waals surface area contributed by atoms with Crippen LogP contribution in [-0.4, -0.2) is 65.0 Å². The third-order valence-electron chi connectivity index (χ3n) is 5.62. The second-order valence-electron chi connectivity index (χ2n) is 6.97. The molecule has 3 aliphatic rings. The molecule has 23 heavy (non-hydrogen) atoms. The minimum absolute atomic E-state index is 0.0223. The normalized spacial score (nSPS) is 42.0. The summed E-state index contributed by atoms with van der Waals surface area (Å²) < 4.78 is 11.2. The average molecular weight is 320 g/mol. The van der Waals surface area contributed by atoms with Crippen LogP contribution in [0.15, 0.2) is 30.3 Å². The van der Waals surface area contributed by atoms with Gasteiger partial charge >= 0.3 is 5.97 Å². The molecular formula is C17H22NO5+. The number of hydroxylamine groups is 3. The molecule has 6 heteroatoms. The number of morpholine rings is 1. The largest absolute Gasteiger partial charge is 0.461 e. The van der Waals surface area contributed by atoms with Gasteiger partial charge in [0.1, 0.15) is 24.2 Å². The SMILES string of the molecule is C[N+]1(O)[C@@H]2CC(OC(=O)[C@H](CO)c3ccccc3)C[C@H]1[C@@H]1O[C@@H]12. The zero-order chi connectivity index (χ0) is 16.2. The van der Waals surface area contributed by atoms with Crippen molar-refractivity contribution in [2.45, 2.75) is 49.2 Å². The number of hydrogen-bond acceptors (Lipinski definition) is 5. The van der Waals surface area contributed by atoms with Crippen LogP contribution in [0.5, 0.6) is 0 Å². The molecule has 1 aromatic carbocycles. The average Bonchev–Trinajstić information content (AvgIpc) is 3.27. The molecular weight excluding hydrogens is 298 g/mol. The van der Waals surface area contributed by atoms with Crippen LogP contribution < -0.4 is 0 Å². The number of aliphatic hydroxyl groups excluding tert-OH is 1. The maximum Gasteiger partial charge on any atom is 0.316 e. The highest BCUT2D eigenvalue weighted by atomic mass is 16.6. The number of piperidine rings is 1. The number of aliphatic hydroxyl groups is 1. The third kappa shape index (κ3) is 2.37. The number of hydrogen-bond donors (Lipinski definition) is 2. The molecule has 0 saturated carbocycles. The van der Waals surface area contributed by atoms with Crippen molar-refractivity contribution in [1.29, 1.82) is 0 Å². The first-order valence-corrected chi connectivity index (χ1v) is 8.12. The van der Waals surface area contributed by atoms with E-state index in [4.69, 9.17) is 9.47 Å². The van der Waals surface area contributed by atoms with Gasteiger partial charge in [-0.3, -0.25) is 4.79 Å². The molecule has 3 aliphatic heterocycles. The number of quaternary nitrogens is 1. The van der Waals surface area contributed by atoms with Crippen LogP contribution in [0.3, 0.4) is 0 Å². The Bertz CT molecular complexity index is 584. The van der Waals surface area contributed by atoms with Crippen LogP contribution in [0.25, 0.3) is 0 Å². The molecule has 0 radical (unpaired) electrons. The fraction of sp³-hybridized carbons (Fsp3) is 0.588. The minimum atomic E-state index is -0.656. The van der Waals surface area contributed by atoms with Gasteiger partial charge in [-0.05, 0) is 5.56 Å². The lowest BCUT2D eigenvalue weighted by Crippen LogP contribution is -2.60. The molecule has 0 aromatic heterocycles. The standard InChI is InChI=1S/C17H22NO5/c1-18(21)13-7-11(8-14(18)16-15(13)23-16)22-17(20)12(9-19)10-5-3-2-4-6-10/h2-6,11-16,19,21H,7-9H2,1H3/q+1/t11?,12-,13-,14+,15-,16+,18?/m1/s1. The minimum Gasteiger partial charge on any atom is -0.461 e. The van der Waals surface area contributed by atoms with Crippen molar-refractivity contribution >= 4 is 5.97 Å². The molecule has 0 spiro atoms. The van der Waals surface area contributed by atoms with E-state index in [0.29, 0.717) is 12.8 Å². The Kier molecular flexibility index (Phi) is 3.46. The van der Waals surface area contributed by atoms with Crippen molar-refractivity contribution < 1.29 is 29.2 Å². The van der Waals surface area contributed by atoms with E-state index in [2.05, 4.69) is 0 Å². The summed E-state index contributed by atoms with van der Waals surface area (Å²) in [5.74, 6) is -1.05. The molecule has 1 aromatic rings. The Morgan fingerprint density at radius 3 is 2.48 bits per heavy atom. The van der Waals surface area contributed by atoms with Crippen molar-refractivity contribution in [1.82, 2.24) is 0 Å². The van der Waals surface area contributed by atoms with Gasteiger partial charge in [0.05, 0.1) is 13.7 Å². The highest BCUT2D eigenvalue weighted by Gasteiger charge is 2.73. The topological polar surface area (TPSA) is 79.3 Å². The van der Waals surface area contributed by atoms with Gasteiger partial charge in [-0.25, -0.2) is 5.21 Å². The highest BCUT2D eigenvalue weighted by Crippen LogP contribution is 2.51. The molecule has 2 bridgehead atoms. The maximum absolute atomic E-state index is 12.4. The van der Waals surface area contributed by atoms with Crippen molar-refractivity contribution in [3.63, 3.8) is 0 Å². The first-order chi connectivity index (χ1) is 11.0. The fourth-order valence-corrected chi connectivity index (χ4v) is 4.27. The Hall–Kier alpha value is -1.47. The van der Waals surface area contributed by atoms with E-state index in [0.717, 1.165) is 5.56 Å². The lowest BCUT2D eigenvalue weighted by molar-refractivity contribution is -1.12. The number of epoxide rings is 1. The van der Waals surface area contributed by atoms with Crippen molar-refractivity contribution in [2.75, 3.05) is 13.7 Å². The summed E-state index contributed by atoms with van der Waals surface area (Å²) in [7, 11) is 1.81. The number of rotatable bonds is 4. The van der Waals surface area contributed by atoms with Crippen LogP contribution in [0.1, 0.15) is 24.3 Å². The summed E-state index contributed by atoms with van der Waals surface area (Å²) in [6.45, 7) is -0.273. The highest BCUT2D eigenvalue weighted by molar-refractivity contribution is 5.78. The summed E-state index contributed by atoms with van der Waals surface area (Å²) in [6.07, 6.45) is 1.18. The van der Waals surface area contributed by atoms with E-state index in [1.165, 1.54) is 0 Å². The van der Waals surface area contributed by atoms with Crippen LogP contribution >= 0.6 is 0 Å². The summed E-state index contributed by atoms with van der Waals surface area (Å²) in [4.78, 5) is 12.4. The summed E-state index contributed by atoms with van der Waals surface area (Å²) in [5.41, 5.74) is 0.757. The van der Waals surface area contributed by atoms with Gasteiger partial charge in [0.15, 0.2) is 12.1 Å². The van der Waals surface area contributed by atoms with Crippen LogP contribution in [-0.2, 0) is 14.3 Å². The first kappa shape index (κ1) is 15.1. The van der Waals surface area contributed by atoms with Crippen LogP contribution in [0, 0.1) is 0 Å². The molecule has 3 fully saturated rings. The van der Waals surface area contributed by atoms with Crippen molar-refractivity contribution in [3.05, 3.63) is 35.9 Å². The predicted octanol–water partition coefficient (Wildman–Crippen LogP) is 0.822. The Morgan fingerprint density at radius 1 is 1.30 bits per heavy atom. The van der Waals surface area contributed by atoms with Gasteiger partial charge in [0, 0.05) is 12.8 Å². The second-order valence-corrected chi connectivity index (χ2v) is 6.97. The maximum atomic E-state index is 12.4. The van der Waals surface area contributed by atoms with Gasteiger partial charge in [-0.15, -0.1) is 0 Å². The molecule has 0 aliphatic carbocycles. The van der Waals surface area contributed by atoms with Gasteiger partial charge in [-0.2, -0.15) is 4.65 Å². The lowest BCUT2D eigenvalue weighted by Gasteiger charge is -2.41. The molecule has 124 valence electrons. The second kappa shape index (κ2) is 5.27. The van der Waals surface area contributed by atoms with Gasteiger partial charge in [0.2, 0.25) is 0 Å². The number of esters is 1. The molecule has 2 N–H and O–H groups in total. The molecule has 2 unspecified atom stereocenters. The smallest absolute Gasteiger partial charge is 0.316 e. The van der Waals surface area contributed by atoms with Crippen molar-refractivity contribution in [3.8, 4) is 0 Å². The van der Waals surface area contributed by atoms with Gasteiger partial charge < -0.3 is 14.6 Å². The summed E-state index contributed by atoms with van der Waals surface area (Å²) in [5, 5.41) is 20.1. The van der Waals surface area contributed by atoms with Crippen LogP contribution in [0.4, 0.5) is 0 Å². The molecule has 6 nitrogen and oxygen atoms in total. The Labute approximate surface area is 134 Å². The van der Waals surface area contributed by atoms with E-state index in [1.54, 1.807) is 0 Å². The quantitative estimate of drug-likeness (QED) is 0.488. The first-order valence-electron chi connectivity index (χ1n) is 8.12. The van der Waals surface area contributed by atoms with Crippen molar-refractivity contribution in [2.24, 2.45) is 0 Å². The number of nitrogens with zero attached hydrogens (tertiary/aromatic N) is 1. The number of likely N-dealkylation sites (N-methyl/N-ethyl adjacent to an activating group) is 1. The van der Waals surface area contributed by atoms with E-state index in [-0.39, 0.29) is 41.6 Å². The molecule has 3 saturated heterocycles. The van der Waals surface area contributed by atoms with E-state index < -0.39 is 11.9 Å².